The van der Waals surface area contributed by atoms with Crippen molar-refractivity contribution < 1.29 is 4.79 Å². The molecule has 0 spiro atoms. The van der Waals surface area contributed by atoms with Gasteiger partial charge in [0.1, 0.15) is 0 Å². The smallest absolute Gasteiger partial charge is 0.255 e. The van der Waals surface area contributed by atoms with Crippen molar-refractivity contribution in [1.82, 2.24) is 5.32 Å². The van der Waals surface area contributed by atoms with Gasteiger partial charge in [-0.15, -0.1) is 0 Å². The van der Waals surface area contributed by atoms with E-state index in [1.54, 1.807) is 11.3 Å². The minimum atomic E-state index is -0.0517. The Morgan fingerprint density at radius 1 is 1.16 bits per heavy atom. The third kappa shape index (κ3) is 2.69. The minimum absolute atomic E-state index is 0.0517. The molecule has 0 bridgehead atoms. The lowest BCUT2D eigenvalue weighted by Crippen LogP contribution is -2.15. The molecule has 2 nitrogen and oxygen atoms in total. The Bertz CT molecular complexity index is 669. The number of hydrogen-bond acceptors (Lipinski definition) is 2. The van der Waals surface area contributed by atoms with Crippen LogP contribution >= 0.6 is 27.3 Å². The molecule has 0 radical (unpaired) electrons. The van der Waals surface area contributed by atoms with Gasteiger partial charge in [-0.2, -0.15) is 11.3 Å². The van der Waals surface area contributed by atoms with Crippen molar-refractivity contribution in [3.8, 4) is 0 Å². The standard InChI is InChI=1S/C15H10BrNOS/c16-13-3-1-11(2-4-13)14-8-12(15(18)17-14)7-10-5-6-19-9-10/h1-9H,(H,17,18). The molecular weight excluding hydrogens is 322 g/mol. The van der Waals surface area contributed by atoms with Gasteiger partial charge in [-0.1, -0.05) is 28.1 Å². The normalized spacial score (nSPS) is 16.6. The summed E-state index contributed by atoms with van der Waals surface area (Å²) >= 11 is 5.02. The second-order valence-electron chi connectivity index (χ2n) is 4.18. The van der Waals surface area contributed by atoms with Gasteiger partial charge in [-0.05, 0) is 52.2 Å². The number of rotatable bonds is 2. The molecule has 1 N–H and O–H groups in total. The van der Waals surface area contributed by atoms with Crippen molar-refractivity contribution in [2.24, 2.45) is 0 Å². The average molecular weight is 332 g/mol. The van der Waals surface area contributed by atoms with Gasteiger partial charge in [0.2, 0.25) is 0 Å². The van der Waals surface area contributed by atoms with Crippen LogP contribution in [0.3, 0.4) is 0 Å². The number of amides is 1. The number of thiophene rings is 1. The quantitative estimate of drug-likeness (QED) is 0.826. The van der Waals surface area contributed by atoms with Gasteiger partial charge in [-0.3, -0.25) is 4.79 Å². The first-order valence-electron chi connectivity index (χ1n) is 5.75. The molecule has 3 rings (SSSR count). The highest BCUT2D eigenvalue weighted by Gasteiger charge is 2.18. The van der Waals surface area contributed by atoms with Crippen molar-refractivity contribution >= 4 is 44.9 Å². The van der Waals surface area contributed by atoms with Crippen LogP contribution in [-0.4, -0.2) is 5.91 Å². The number of nitrogens with one attached hydrogen (secondary N) is 1. The molecule has 0 unspecified atom stereocenters. The number of benzene rings is 1. The van der Waals surface area contributed by atoms with E-state index in [1.807, 2.05) is 53.2 Å². The maximum atomic E-state index is 11.9. The lowest BCUT2D eigenvalue weighted by molar-refractivity contribution is -0.115. The van der Waals surface area contributed by atoms with Crippen molar-refractivity contribution in [1.29, 1.82) is 0 Å². The number of hydrogen-bond donors (Lipinski definition) is 1. The van der Waals surface area contributed by atoms with Crippen LogP contribution in [0.2, 0.25) is 0 Å². The van der Waals surface area contributed by atoms with E-state index in [0.29, 0.717) is 5.57 Å². The molecule has 0 saturated heterocycles. The first-order valence-corrected chi connectivity index (χ1v) is 7.49. The predicted molar refractivity (Wildman–Crippen MR) is 82.6 cm³/mol. The third-order valence-electron chi connectivity index (χ3n) is 2.83. The van der Waals surface area contributed by atoms with E-state index in [4.69, 9.17) is 0 Å². The van der Waals surface area contributed by atoms with E-state index in [9.17, 15) is 4.79 Å². The Kier molecular flexibility index (Phi) is 3.36. The summed E-state index contributed by atoms with van der Waals surface area (Å²) in [5.41, 5.74) is 3.60. The topological polar surface area (TPSA) is 29.1 Å². The molecule has 0 saturated carbocycles. The van der Waals surface area contributed by atoms with Crippen molar-refractivity contribution in [3.05, 3.63) is 68.3 Å². The summed E-state index contributed by atoms with van der Waals surface area (Å²) in [4.78, 5) is 11.9. The van der Waals surface area contributed by atoms with Crippen molar-refractivity contribution in [2.45, 2.75) is 0 Å². The van der Waals surface area contributed by atoms with E-state index in [2.05, 4.69) is 21.2 Å². The lowest BCUT2D eigenvalue weighted by atomic mass is 10.1. The SMILES string of the molecule is O=C1NC(c2ccc(Br)cc2)=CC1=Cc1ccsc1. The zero-order valence-corrected chi connectivity index (χ0v) is 12.3. The van der Waals surface area contributed by atoms with Gasteiger partial charge in [0.15, 0.2) is 0 Å². The van der Waals surface area contributed by atoms with Crippen LogP contribution in [0.1, 0.15) is 11.1 Å². The van der Waals surface area contributed by atoms with Crippen LogP contribution < -0.4 is 5.32 Å². The van der Waals surface area contributed by atoms with Crippen LogP contribution in [0, 0.1) is 0 Å². The predicted octanol–water partition coefficient (Wildman–Crippen LogP) is 4.06. The maximum Gasteiger partial charge on any atom is 0.255 e. The molecule has 1 aromatic carbocycles. The van der Waals surface area contributed by atoms with E-state index in [0.717, 1.165) is 21.3 Å². The van der Waals surface area contributed by atoms with Crippen LogP contribution in [0.15, 0.2) is 57.2 Å². The summed E-state index contributed by atoms with van der Waals surface area (Å²) in [6.07, 6.45) is 3.79. The van der Waals surface area contributed by atoms with E-state index in [-0.39, 0.29) is 5.91 Å². The zero-order valence-electron chi connectivity index (χ0n) is 9.89. The van der Waals surface area contributed by atoms with Crippen LogP contribution in [0.25, 0.3) is 11.8 Å². The molecule has 0 aliphatic carbocycles. The third-order valence-corrected chi connectivity index (χ3v) is 4.06. The lowest BCUT2D eigenvalue weighted by Gasteiger charge is -2.02. The number of halogens is 1. The molecule has 1 aromatic heterocycles. The highest BCUT2D eigenvalue weighted by Crippen LogP contribution is 2.23. The first kappa shape index (κ1) is 12.4. The Labute approximate surface area is 123 Å². The van der Waals surface area contributed by atoms with E-state index in [1.165, 1.54) is 0 Å². The van der Waals surface area contributed by atoms with Gasteiger partial charge >= 0.3 is 0 Å². The minimum Gasteiger partial charge on any atom is -0.321 e. The molecule has 1 aliphatic rings. The van der Waals surface area contributed by atoms with Gasteiger partial charge in [0.05, 0.1) is 0 Å². The molecule has 2 heterocycles. The maximum absolute atomic E-state index is 11.9. The summed E-state index contributed by atoms with van der Waals surface area (Å²) in [6.45, 7) is 0. The van der Waals surface area contributed by atoms with E-state index >= 15 is 0 Å². The summed E-state index contributed by atoms with van der Waals surface area (Å²) in [6, 6.07) is 9.87. The van der Waals surface area contributed by atoms with Crippen LogP contribution in [-0.2, 0) is 4.79 Å². The fraction of sp³-hybridized carbons (Fsp3) is 0. The summed E-state index contributed by atoms with van der Waals surface area (Å²) in [5, 5.41) is 6.91. The van der Waals surface area contributed by atoms with Gasteiger partial charge in [-0.25, -0.2) is 0 Å². The molecule has 19 heavy (non-hydrogen) atoms. The number of carbonyl (C=O) groups is 1. The Morgan fingerprint density at radius 3 is 2.63 bits per heavy atom. The molecule has 2 aromatic rings. The molecule has 1 aliphatic heterocycles. The highest BCUT2D eigenvalue weighted by atomic mass is 79.9. The summed E-state index contributed by atoms with van der Waals surface area (Å²) in [5.74, 6) is -0.0517. The van der Waals surface area contributed by atoms with Crippen molar-refractivity contribution in [3.63, 3.8) is 0 Å². The Hall–Kier alpha value is -1.65. The van der Waals surface area contributed by atoms with Crippen molar-refractivity contribution in [2.75, 3.05) is 0 Å². The second-order valence-corrected chi connectivity index (χ2v) is 5.87. The largest absolute Gasteiger partial charge is 0.321 e. The van der Waals surface area contributed by atoms with E-state index < -0.39 is 0 Å². The average Bonchev–Trinajstić information content (AvgIpc) is 3.02. The van der Waals surface area contributed by atoms with Gasteiger partial charge in [0, 0.05) is 15.7 Å². The molecule has 94 valence electrons. The fourth-order valence-corrected chi connectivity index (χ4v) is 2.76. The fourth-order valence-electron chi connectivity index (χ4n) is 1.88. The van der Waals surface area contributed by atoms with Crippen LogP contribution in [0.4, 0.5) is 0 Å². The zero-order chi connectivity index (χ0) is 13.2. The Morgan fingerprint density at radius 2 is 1.95 bits per heavy atom. The van der Waals surface area contributed by atoms with Gasteiger partial charge < -0.3 is 5.32 Å². The molecule has 1 amide bonds. The molecule has 4 heteroatoms. The molecule has 0 fully saturated rings. The highest BCUT2D eigenvalue weighted by molar-refractivity contribution is 9.10. The monoisotopic (exact) mass is 331 g/mol. The van der Waals surface area contributed by atoms with Gasteiger partial charge in [0.25, 0.3) is 5.91 Å². The summed E-state index contributed by atoms with van der Waals surface area (Å²) < 4.78 is 1.02. The van der Waals surface area contributed by atoms with Crippen LogP contribution in [0.5, 0.6) is 0 Å². The molecule has 0 atom stereocenters. The Balaban J connectivity index is 1.93. The number of carbonyl (C=O) groups excluding carboxylic acids is 1. The first-order chi connectivity index (χ1) is 9.22. The second kappa shape index (κ2) is 5.15. The summed E-state index contributed by atoms with van der Waals surface area (Å²) in [7, 11) is 0. The molecular formula is C15H10BrNOS.